The van der Waals surface area contributed by atoms with Crippen molar-refractivity contribution in [3.63, 3.8) is 0 Å². The number of unbranched alkanes of at least 4 members (excludes halogenated alkanes) is 2. The highest BCUT2D eigenvalue weighted by Gasteiger charge is 2.35. The van der Waals surface area contributed by atoms with Crippen LogP contribution in [0.25, 0.3) is 0 Å². The van der Waals surface area contributed by atoms with Crippen molar-refractivity contribution >= 4 is 59.7 Å². The quantitative estimate of drug-likeness (QED) is 0.0207. The third-order valence-corrected chi connectivity index (χ3v) is 14.9. The van der Waals surface area contributed by atoms with Gasteiger partial charge in [-0.2, -0.15) is 0 Å². The smallest absolute Gasteiger partial charge is 0.342 e. The molecule has 2 aromatic rings. The first-order chi connectivity index (χ1) is 39.8. The van der Waals surface area contributed by atoms with Gasteiger partial charge in [-0.05, 0) is 145 Å². The average molecular weight is 1160 g/mol. The third kappa shape index (κ3) is 23.4. The van der Waals surface area contributed by atoms with Gasteiger partial charge in [-0.15, -0.1) is 0 Å². The van der Waals surface area contributed by atoms with Gasteiger partial charge in [-0.25, -0.2) is 19.2 Å². The summed E-state index contributed by atoms with van der Waals surface area (Å²) in [5.41, 5.74) is -0.246. The van der Waals surface area contributed by atoms with Gasteiger partial charge in [0.25, 0.3) is 0 Å². The molecule has 0 aromatic heterocycles. The first kappa shape index (κ1) is 68.1. The molecule has 0 radical (unpaired) electrons. The van der Waals surface area contributed by atoms with Crippen molar-refractivity contribution in [1.29, 1.82) is 0 Å². The monoisotopic (exact) mass is 1160 g/mol. The molecule has 2 aromatic carbocycles. The Bertz CT molecular complexity index is 2530. The fourth-order valence-corrected chi connectivity index (χ4v) is 8.91. The van der Waals surface area contributed by atoms with Crippen LogP contribution in [0.1, 0.15) is 171 Å². The molecular formula is C63H84O20. The molecule has 0 N–H and O–H groups in total. The highest BCUT2D eigenvalue weighted by Crippen LogP contribution is 2.36. The molecule has 4 rings (SSSR count). The van der Waals surface area contributed by atoms with E-state index < -0.39 is 83.3 Å². The van der Waals surface area contributed by atoms with Gasteiger partial charge in [-0.1, -0.05) is 67.5 Å². The van der Waals surface area contributed by atoms with Crippen LogP contribution in [-0.4, -0.2) is 99.3 Å². The summed E-state index contributed by atoms with van der Waals surface area (Å²) in [5.74, 6) is -9.16. The molecular weight excluding hydrogens is 1080 g/mol. The maximum absolute atomic E-state index is 13.6. The van der Waals surface area contributed by atoms with Crippen LogP contribution in [-0.2, 0) is 66.8 Å². The normalized spacial score (nSPS) is 18.0. The highest BCUT2D eigenvalue weighted by atomic mass is 16.6. The summed E-state index contributed by atoms with van der Waals surface area (Å²) in [7, 11) is 0. The van der Waals surface area contributed by atoms with Crippen molar-refractivity contribution < 1.29 is 95.3 Å². The second-order valence-electron chi connectivity index (χ2n) is 21.4. The lowest BCUT2D eigenvalue weighted by Crippen LogP contribution is -2.30. The lowest BCUT2D eigenvalue weighted by molar-refractivity contribution is -0.152. The molecule has 20 heteroatoms. The summed E-state index contributed by atoms with van der Waals surface area (Å²) in [6.07, 6.45) is 9.37. The molecule has 0 saturated heterocycles. The Labute approximate surface area is 486 Å². The zero-order valence-electron chi connectivity index (χ0n) is 49.1. The van der Waals surface area contributed by atoms with Crippen molar-refractivity contribution in [1.82, 2.24) is 0 Å². The predicted molar refractivity (Wildman–Crippen MR) is 301 cm³/mol. The Kier molecular flexibility index (Phi) is 29.8. The van der Waals surface area contributed by atoms with Gasteiger partial charge < -0.3 is 47.4 Å². The van der Waals surface area contributed by atoms with Gasteiger partial charge in [-0.3, -0.25) is 28.8 Å². The second-order valence-corrected chi connectivity index (χ2v) is 21.4. The van der Waals surface area contributed by atoms with E-state index in [1.165, 1.54) is 36.4 Å². The highest BCUT2D eigenvalue weighted by molar-refractivity contribution is 5.95. The molecule has 0 amide bonds. The number of hydrogen-bond donors (Lipinski definition) is 0. The summed E-state index contributed by atoms with van der Waals surface area (Å²) in [4.78, 5) is 129. The SMILES string of the molecule is C=CC(=O)OCCCCOC(=O)C(CC)CCC(C)C(=O)Oc1ccc(OC(=O)C2CCC(C(=O)Oc3ccc(OC(=O)C4CCC(C(=O)OCCCCOC(=O)C=C)CC4)c(C(=O)OCC(C)CC)c3)CC2)cc1C(=O)OCC(C)CC. The van der Waals surface area contributed by atoms with E-state index >= 15 is 0 Å². The van der Waals surface area contributed by atoms with Gasteiger partial charge in [0.1, 0.15) is 34.1 Å². The van der Waals surface area contributed by atoms with Crippen LogP contribution in [0.2, 0.25) is 0 Å². The van der Waals surface area contributed by atoms with E-state index in [2.05, 4.69) is 13.2 Å². The Morgan fingerprint density at radius 3 is 1.25 bits per heavy atom. The van der Waals surface area contributed by atoms with Crippen LogP contribution in [0.5, 0.6) is 23.0 Å². The van der Waals surface area contributed by atoms with Crippen LogP contribution >= 0.6 is 0 Å². The average Bonchev–Trinajstić information content (AvgIpc) is 3.70. The Hall–Kier alpha value is -7.38. The van der Waals surface area contributed by atoms with Crippen LogP contribution in [0.15, 0.2) is 61.7 Å². The first-order valence-electron chi connectivity index (χ1n) is 29.2. The molecule has 0 heterocycles. The third-order valence-electron chi connectivity index (χ3n) is 14.9. The summed E-state index contributed by atoms with van der Waals surface area (Å²) in [6.45, 7) is 18.8. The van der Waals surface area contributed by atoms with Crippen molar-refractivity contribution in [2.75, 3.05) is 39.6 Å². The largest absolute Gasteiger partial charge is 0.465 e. The minimum Gasteiger partial charge on any atom is -0.465 e. The molecule has 2 aliphatic carbocycles. The number of ether oxygens (including phenoxy) is 10. The van der Waals surface area contributed by atoms with Gasteiger partial charge >= 0.3 is 59.7 Å². The Morgan fingerprint density at radius 1 is 0.458 bits per heavy atom. The van der Waals surface area contributed by atoms with E-state index in [1.54, 1.807) is 6.92 Å². The van der Waals surface area contributed by atoms with Gasteiger partial charge in [0.15, 0.2) is 0 Å². The van der Waals surface area contributed by atoms with Crippen molar-refractivity contribution in [3.8, 4) is 23.0 Å². The second kappa shape index (κ2) is 36.3. The van der Waals surface area contributed by atoms with Crippen LogP contribution in [0.4, 0.5) is 0 Å². The minimum absolute atomic E-state index is 0.00936. The van der Waals surface area contributed by atoms with E-state index in [1.807, 2.05) is 34.6 Å². The lowest BCUT2D eigenvalue weighted by atomic mass is 9.82. The summed E-state index contributed by atoms with van der Waals surface area (Å²) in [5, 5.41) is 0. The van der Waals surface area contributed by atoms with Crippen molar-refractivity contribution in [2.45, 2.75) is 151 Å². The minimum atomic E-state index is -0.789. The molecule has 2 fully saturated rings. The number of hydrogen-bond acceptors (Lipinski definition) is 20. The standard InChI is InChI=1S/C63H84O20/c1-9-40(6)38-78-62(72)50-36-48(28-30-52(50)82-56(66)42(8)18-19-43(11-3)57(67)76-34-16-14-32-74-54(64)12-4)80-59(69)45-24-26-46(27-25-45)60(70)81-49-29-31-53(51(37-49)63(73)79-39-41(7)10-2)83-61(71)47-22-20-44(21-23-47)58(68)77-35-17-15-33-75-55(65)13-5/h12-13,28-31,36-37,40-47H,4-5,9-11,14-27,32-35,38-39H2,1-3,6-8H3. The predicted octanol–water partition coefficient (Wildman–Crippen LogP) is 10.6. The molecule has 2 saturated carbocycles. The lowest BCUT2D eigenvalue weighted by Gasteiger charge is -2.26. The number of carbonyl (C=O) groups excluding carboxylic acids is 10. The molecule has 4 unspecified atom stereocenters. The number of benzene rings is 2. The summed E-state index contributed by atoms with van der Waals surface area (Å²) in [6, 6.07) is 8.12. The number of rotatable bonds is 34. The fourth-order valence-electron chi connectivity index (χ4n) is 8.91. The van der Waals surface area contributed by atoms with Crippen molar-refractivity contribution in [3.05, 3.63) is 72.8 Å². The molecule has 456 valence electrons. The maximum Gasteiger partial charge on any atom is 0.342 e. The topological polar surface area (TPSA) is 263 Å². The van der Waals surface area contributed by atoms with Crippen LogP contribution in [0.3, 0.4) is 0 Å². The summed E-state index contributed by atoms with van der Waals surface area (Å²) >= 11 is 0. The first-order valence-corrected chi connectivity index (χ1v) is 29.2. The molecule has 0 bridgehead atoms. The molecule has 2 aliphatic rings. The molecule has 0 spiro atoms. The van der Waals surface area contributed by atoms with E-state index in [0.717, 1.165) is 25.0 Å². The molecule has 0 aliphatic heterocycles. The molecule has 83 heavy (non-hydrogen) atoms. The molecule has 4 atom stereocenters. The van der Waals surface area contributed by atoms with E-state index in [9.17, 15) is 47.9 Å². The van der Waals surface area contributed by atoms with Crippen molar-refractivity contribution in [2.24, 2.45) is 47.3 Å². The number of carbonyl (C=O) groups is 10. The van der Waals surface area contributed by atoms with E-state index in [-0.39, 0.29) is 130 Å². The summed E-state index contributed by atoms with van der Waals surface area (Å²) < 4.78 is 54.9. The van der Waals surface area contributed by atoms with Crippen LogP contribution in [0, 0.1) is 47.3 Å². The maximum atomic E-state index is 13.6. The Balaban J connectivity index is 1.33. The zero-order valence-corrected chi connectivity index (χ0v) is 49.1. The van der Waals surface area contributed by atoms with Gasteiger partial charge in [0.05, 0.1) is 75.1 Å². The van der Waals surface area contributed by atoms with Gasteiger partial charge in [0, 0.05) is 12.2 Å². The van der Waals surface area contributed by atoms with Gasteiger partial charge in [0.2, 0.25) is 0 Å². The van der Waals surface area contributed by atoms with E-state index in [4.69, 9.17) is 47.4 Å². The zero-order chi connectivity index (χ0) is 60.8. The fraction of sp³-hybridized carbons (Fsp3) is 0.587. The van der Waals surface area contributed by atoms with Crippen LogP contribution < -0.4 is 18.9 Å². The Morgan fingerprint density at radius 2 is 0.843 bits per heavy atom. The number of esters is 10. The molecule has 20 nitrogen and oxygen atoms in total. The van der Waals surface area contributed by atoms with E-state index in [0.29, 0.717) is 64.2 Å².